The van der Waals surface area contributed by atoms with Gasteiger partial charge in [-0.1, -0.05) is 67.6 Å². The smallest absolute Gasteiger partial charge is 0.234 e. The summed E-state index contributed by atoms with van der Waals surface area (Å²) >= 11 is 1.13. The number of nitrogens with one attached hydrogen (secondary N) is 1. The van der Waals surface area contributed by atoms with Crippen LogP contribution in [0.5, 0.6) is 0 Å². The summed E-state index contributed by atoms with van der Waals surface area (Å²) in [5, 5.41) is 11.6. The minimum Gasteiger partial charge on any atom is -0.325 e. The molecule has 0 spiro atoms. The average molecular weight is 479 g/mol. The van der Waals surface area contributed by atoms with Crippen molar-refractivity contribution in [3.8, 4) is 17.1 Å². The summed E-state index contributed by atoms with van der Waals surface area (Å²) < 4.78 is 29.7. The van der Waals surface area contributed by atoms with Crippen LogP contribution in [0.2, 0.25) is 0 Å². The minimum atomic E-state index is -0.744. The molecule has 0 aliphatic rings. The van der Waals surface area contributed by atoms with E-state index in [9.17, 15) is 13.6 Å². The van der Waals surface area contributed by atoms with Crippen LogP contribution in [0.1, 0.15) is 25.3 Å². The molecule has 5 nitrogen and oxygen atoms in total. The highest BCUT2D eigenvalue weighted by Gasteiger charge is 2.20. The van der Waals surface area contributed by atoms with E-state index in [1.54, 1.807) is 0 Å². The Balaban J connectivity index is 1.53. The topological polar surface area (TPSA) is 59.8 Å². The molecule has 0 bridgehead atoms. The Morgan fingerprint density at radius 2 is 1.76 bits per heavy atom. The third-order valence-corrected chi connectivity index (χ3v) is 6.13. The molecule has 1 amide bonds. The largest absolute Gasteiger partial charge is 0.325 e. The van der Waals surface area contributed by atoms with Crippen LogP contribution in [0, 0.1) is 11.6 Å². The number of carbonyl (C=O) groups is 1. The predicted octanol–water partition coefficient (Wildman–Crippen LogP) is 6.29. The van der Waals surface area contributed by atoms with Gasteiger partial charge in [0.2, 0.25) is 5.91 Å². The lowest BCUT2D eigenvalue weighted by Crippen LogP contribution is -2.14. The fourth-order valence-corrected chi connectivity index (χ4v) is 4.23. The lowest BCUT2D eigenvalue weighted by atomic mass is 10.1. The van der Waals surface area contributed by atoms with Gasteiger partial charge in [0, 0.05) is 17.3 Å². The summed E-state index contributed by atoms with van der Waals surface area (Å²) in [5.74, 6) is -1.19. The molecule has 0 aliphatic heterocycles. The van der Waals surface area contributed by atoms with Gasteiger partial charge in [-0.2, -0.15) is 0 Å². The molecule has 4 aromatic rings. The van der Waals surface area contributed by atoms with Crippen molar-refractivity contribution in [1.29, 1.82) is 0 Å². The van der Waals surface area contributed by atoms with Crippen molar-refractivity contribution in [2.75, 3.05) is 11.1 Å². The molecule has 0 aliphatic carbocycles. The van der Waals surface area contributed by atoms with Crippen LogP contribution in [0.3, 0.4) is 0 Å². The number of anilines is 1. The van der Waals surface area contributed by atoms with E-state index in [-0.39, 0.29) is 17.3 Å². The Hall–Kier alpha value is -3.52. The maximum atomic E-state index is 14.7. The zero-order chi connectivity index (χ0) is 23.9. The van der Waals surface area contributed by atoms with Crippen molar-refractivity contribution in [3.05, 3.63) is 90.0 Å². The molecule has 0 radical (unpaired) electrons. The second kappa shape index (κ2) is 11.1. The molecule has 1 N–H and O–H groups in total. The molecule has 4 rings (SSSR count). The lowest BCUT2D eigenvalue weighted by molar-refractivity contribution is -0.113. The molecule has 0 fully saturated rings. The Bertz CT molecular complexity index is 1260. The number of benzene rings is 3. The van der Waals surface area contributed by atoms with Crippen LogP contribution in [0.25, 0.3) is 17.1 Å². The zero-order valence-corrected chi connectivity index (χ0v) is 19.5. The normalized spacial score (nSPS) is 10.9. The fourth-order valence-electron chi connectivity index (χ4n) is 3.48. The second-order valence-electron chi connectivity index (χ2n) is 7.74. The zero-order valence-electron chi connectivity index (χ0n) is 18.7. The monoisotopic (exact) mass is 478 g/mol. The first-order valence-corrected chi connectivity index (χ1v) is 12.0. The van der Waals surface area contributed by atoms with E-state index in [1.165, 1.54) is 22.3 Å². The van der Waals surface area contributed by atoms with E-state index >= 15 is 0 Å². The number of aromatic nitrogens is 3. The van der Waals surface area contributed by atoms with Crippen molar-refractivity contribution < 1.29 is 13.6 Å². The molecule has 0 unspecified atom stereocenters. The number of nitrogens with zero attached hydrogens (tertiary/aromatic N) is 3. The highest BCUT2D eigenvalue weighted by atomic mass is 32.2. The van der Waals surface area contributed by atoms with Gasteiger partial charge < -0.3 is 5.32 Å². The third-order valence-electron chi connectivity index (χ3n) is 5.21. The van der Waals surface area contributed by atoms with Crippen molar-refractivity contribution >= 4 is 23.4 Å². The highest BCUT2D eigenvalue weighted by molar-refractivity contribution is 7.99. The van der Waals surface area contributed by atoms with Crippen LogP contribution >= 0.6 is 11.8 Å². The third kappa shape index (κ3) is 5.69. The molecule has 3 aromatic carbocycles. The van der Waals surface area contributed by atoms with Gasteiger partial charge in [-0.3, -0.25) is 9.36 Å². The van der Waals surface area contributed by atoms with Gasteiger partial charge in [0.05, 0.1) is 11.4 Å². The first kappa shape index (κ1) is 23.6. The second-order valence-corrected chi connectivity index (χ2v) is 8.68. The van der Waals surface area contributed by atoms with Crippen LogP contribution in [-0.2, 0) is 11.2 Å². The molecule has 174 valence electrons. The number of thioether (sulfide) groups is 1. The first-order chi connectivity index (χ1) is 16.5. The maximum Gasteiger partial charge on any atom is 0.234 e. The molecule has 0 saturated heterocycles. The van der Waals surface area contributed by atoms with Gasteiger partial charge >= 0.3 is 0 Å². The molecule has 0 atom stereocenters. The van der Waals surface area contributed by atoms with E-state index in [4.69, 9.17) is 0 Å². The van der Waals surface area contributed by atoms with Crippen molar-refractivity contribution in [2.45, 2.75) is 31.3 Å². The predicted molar refractivity (Wildman–Crippen MR) is 131 cm³/mol. The van der Waals surface area contributed by atoms with Gasteiger partial charge in [0.1, 0.15) is 11.6 Å². The number of hydrogen-bond donors (Lipinski definition) is 1. The molecule has 34 heavy (non-hydrogen) atoms. The standard InChI is InChI=1S/C26H24F2N4OS/c1-2-3-7-18-10-13-21(14-11-18)29-24(33)17-34-26-31-30-25(19-8-5-4-6-9-19)32(26)23-15-12-20(27)16-22(23)28/h4-6,8-16H,2-3,7,17H2,1H3,(H,29,33). The Morgan fingerprint density at radius 3 is 2.47 bits per heavy atom. The average Bonchev–Trinajstić information content (AvgIpc) is 3.26. The molecule has 1 heterocycles. The number of carbonyl (C=O) groups excluding carboxylic acids is 1. The fraction of sp³-hybridized carbons (Fsp3) is 0.192. The van der Waals surface area contributed by atoms with Gasteiger partial charge in [0.15, 0.2) is 11.0 Å². The minimum absolute atomic E-state index is 0.0489. The van der Waals surface area contributed by atoms with Gasteiger partial charge in [-0.05, 0) is 42.7 Å². The van der Waals surface area contributed by atoms with E-state index in [0.29, 0.717) is 16.7 Å². The lowest BCUT2D eigenvalue weighted by Gasteiger charge is -2.11. The number of unbranched alkanes of at least 4 members (excludes halogenated alkanes) is 1. The summed E-state index contributed by atoms with van der Waals surface area (Å²) in [5.41, 5.74) is 2.77. The summed E-state index contributed by atoms with van der Waals surface area (Å²) in [4.78, 5) is 12.6. The van der Waals surface area contributed by atoms with Crippen molar-refractivity contribution in [3.63, 3.8) is 0 Å². The Kier molecular flexibility index (Phi) is 7.69. The Morgan fingerprint density at radius 1 is 1.00 bits per heavy atom. The molecular formula is C26H24F2N4OS. The quantitative estimate of drug-likeness (QED) is 0.287. The number of aryl methyl sites for hydroxylation is 1. The number of halogens is 2. The van der Waals surface area contributed by atoms with E-state index in [0.717, 1.165) is 42.7 Å². The van der Waals surface area contributed by atoms with Gasteiger partial charge in [-0.25, -0.2) is 8.78 Å². The molecule has 8 heteroatoms. The molecular weight excluding hydrogens is 454 g/mol. The molecule has 1 aromatic heterocycles. The maximum absolute atomic E-state index is 14.7. The summed E-state index contributed by atoms with van der Waals surface area (Å²) in [6.45, 7) is 2.15. The number of hydrogen-bond acceptors (Lipinski definition) is 4. The van der Waals surface area contributed by atoms with Gasteiger partial charge in [0.25, 0.3) is 0 Å². The van der Waals surface area contributed by atoms with Crippen LogP contribution in [0.15, 0.2) is 78.0 Å². The van der Waals surface area contributed by atoms with Crippen LogP contribution in [-0.4, -0.2) is 26.4 Å². The van der Waals surface area contributed by atoms with Crippen molar-refractivity contribution in [1.82, 2.24) is 14.8 Å². The molecule has 0 saturated carbocycles. The van der Waals surface area contributed by atoms with Crippen molar-refractivity contribution in [2.24, 2.45) is 0 Å². The van der Waals surface area contributed by atoms with Crippen LogP contribution < -0.4 is 5.32 Å². The summed E-state index contributed by atoms with van der Waals surface area (Å²) in [6, 6.07) is 20.3. The number of rotatable bonds is 9. The van der Waals surface area contributed by atoms with Crippen LogP contribution in [0.4, 0.5) is 14.5 Å². The SMILES string of the molecule is CCCCc1ccc(NC(=O)CSc2nnc(-c3ccccc3)n2-c2ccc(F)cc2F)cc1. The summed E-state index contributed by atoms with van der Waals surface area (Å²) in [6.07, 6.45) is 3.27. The highest BCUT2D eigenvalue weighted by Crippen LogP contribution is 2.29. The van der Waals surface area contributed by atoms with E-state index in [2.05, 4.69) is 22.4 Å². The van der Waals surface area contributed by atoms with Gasteiger partial charge in [-0.15, -0.1) is 10.2 Å². The first-order valence-electron chi connectivity index (χ1n) is 11.0. The number of amides is 1. The van der Waals surface area contributed by atoms with E-state index < -0.39 is 11.6 Å². The summed E-state index contributed by atoms with van der Waals surface area (Å²) in [7, 11) is 0. The van der Waals surface area contributed by atoms with E-state index in [1.807, 2.05) is 54.6 Å². The Labute approximate surface area is 201 Å².